The van der Waals surface area contributed by atoms with Crippen molar-refractivity contribution in [2.24, 2.45) is 5.73 Å². The van der Waals surface area contributed by atoms with Crippen LogP contribution in [0.15, 0.2) is 30.3 Å². The van der Waals surface area contributed by atoms with Crippen molar-refractivity contribution in [1.82, 2.24) is 15.8 Å². The molecule has 0 aliphatic carbocycles. The second kappa shape index (κ2) is 9.86. The third kappa shape index (κ3) is 5.90. The van der Waals surface area contributed by atoms with Crippen molar-refractivity contribution in [1.29, 1.82) is 0 Å². The Morgan fingerprint density at radius 2 is 1.76 bits per heavy atom. The van der Waals surface area contributed by atoms with Gasteiger partial charge in [0.15, 0.2) is 5.11 Å². The highest BCUT2D eigenvalue weighted by Crippen LogP contribution is 2.26. The molecule has 0 radical (unpaired) electrons. The Hall–Kier alpha value is -1.71. The molecule has 1 saturated heterocycles. The van der Waals surface area contributed by atoms with Crippen molar-refractivity contribution in [2.75, 3.05) is 31.1 Å². The average Bonchev–Trinajstić information content (AvgIpc) is 2.68. The number of piperazine rings is 1. The van der Waals surface area contributed by atoms with Crippen LogP contribution in [0.25, 0.3) is 0 Å². The summed E-state index contributed by atoms with van der Waals surface area (Å²) in [7, 11) is 0. The summed E-state index contributed by atoms with van der Waals surface area (Å²) in [6.07, 6.45) is 0. The molecule has 0 unspecified atom stereocenters. The molecule has 0 spiro atoms. The number of hydrogen-bond donors (Lipinski definition) is 3. The Balaban J connectivity index is 1.59. The Bertz CT molecular complexity index is 891. The minimum absolute atomic E-state index is 0.0289. The molecule has 4 N–H and O–H groups in total. The lowest BCUT2D eigenvalue weighted by molar-refractivity contribution is 0.249. The maximum absolute atomic E-state index is 14.6. The third-order valence-electron chi connectivity index (χ3n) is 4.71. The number of benzene rings is 2. The molecular formula is C19H21Cl2F2N5S. The van der Waals surface area contributed by atoms with Gasteiger partial charge in [0.2, 0.25) is 0 Å². The second-order valence-corrected chi connectivity index (χ2v) is 8.00. The average molecular weight is 460 g/mol. The minimum atomic E-state index is -0.489. The number of thiocarbonyl (C=S) groups is 1. The van der Waals surface area contributed by atoms with Gasteiger partial charge in [0.1, 0.15) is 11.6 Å². The fourth-order valence-corrected chi connectivity index (χ4v) is 3.62. The molecule has 1 fully saturated rings. The molecule has 2 aromatic carbocycles. The molecule has 0 aromatic heterocycles. The van der Waals surface area contributed by atoms with Crippen molar-refractivity contribution >= 4 is 46.2 Å². The van der Waals surface area contributed by atoms with Crippen LogP contribution in [0.3, 0.4) is 0 Å². The number of rotatable bonds is 6. The Morgan fingerprint density at radius 3 is 2.41 bits per heavy atom. The van der Waals surface area contributed by atoms with Crippen LogP contribution in [0.2, 0.25) is 10.0 Å². The monoisotopic (exact) mass is 459 g/mol. The van der Waals surface area contributed by atoms with E-state index in [2.05, 4.69) is 28.0 Å². The first-order valence-electron chi connectivity index (χ1n) is 9.01. The summed E-state index contributed by atoms with van der Waals surface area (Å²) in [5.41, 5.74) is 11.9. The fraction of sp³-hybridized carbons (Fsp3) is 0.316. The normalized spacial score (nSPS) is 14.8. The first-order valence-corrected chi connectivity index (χ1v) is 10.2. The van der Waals surface area contributed by atoms with Gasteiger partial charge < -0.3 is 10.6 Å². The summed E-state index contributed by atoms with van der Waals surface area (Å²) < 4.78 is 29.0. The quantitative estimate of drug-likeness (QED) is 0.454. The minimum Gasteiger partial charge on any atom is -0.375 e. The maximum atomic E-state index is 14.6. The summed E-state index contributed by atoms with van der Waals surface area (Å²) in [5.74, 6) is -0.951. The lowest BCUT2D eigenvalue weighted by Crippen LogP contribution is -2.46. The number of nitrogens with one attached hydrogen (secondary N) is 2. The van der Waals surface area contributed by atoms with E-state index < -0.39 is 11.6 Å². The van der Waals surface area contributed by atoms with Gasteiger partial charge in [-0.25, -0.2) is 14.2 Å². The van der Waals surface area contributed by atoms with E-state index in [4.69, 9.17) is 28.9 Å². The van der Waals surface area contributed by atoms with Crippen LogP contribution < -0.4 is 21.5 Å². The maximum Gasteiger partial charge on any atom is 0.178 e. The predicted molar refractivity (Wildman–Crippen MR) is 117 cm³/mol. The van der Waals surface area contributed by atoms with Crippen LogP contribution in [-0.2, 0) is 13.1 Å². The van der Waals surface area contributed by atoms with Gasteiger partial charge in [-0.2, -0.15) is 0 Å². The standard InChI is InChI=1S/C19H21Cl2F2N5S/c20-14-2-1-12(7-15(14)21)11-27-3-5-28(6-4-27)18-9-16(22)13(8-17(18)23)10-25-26-19(24)29/h1-2,7-9,25H,3-6,10-11H2,(H3,24,26,29). The van der Waals surface area contributed by atoms with Crippen LogP contribution in [-0.4, -0.2) is 36.2 Å². The van der Waals surface area contributed by atoms with Gasteiger partial charge >= 0.3 is 0 Å². The van der Waals surface area contributed by atoms with Crippen molar-refractivity contribution < 1.29 is 8.78 Å². The Morgan fingerprint density at radius 1 is 1.03 bits per heavy atom. The van der Waals surface area contributed by atoms with E-state index in [9.17, 15) is 8.78 Å². The number of anilines is 1. The molecule has 1 heterocycles. The summed E-state index contributed by atoms with van der Waals surface area (Å²) in [5, 5.41) is 1.08. The first-order chi connectivity index (χ1) is 13.8. The Kier molecular flexibility index (Phi) is 7.48. The molecule has 0 amide bonds. The SMILES string of the molecule is NC(=S)NNCc1cc(F)c(N2CCN(Cc3ccc(Cl)c(Cl)c3)CC2)cc1F. The summed E-state index contributed by atoms with van der Waals surface area (Å²) >= 11 is 16.7. The van der Waals surface area contributed by atoms with Crippen LogP contribution in [0.5, 0.6) is 0 Å². The van der Waals surface area contributed by atoms with E-state index in [1.54, 1.807) is 6.07 Å². The van der Waals surface area contributed by atoms with Gasteiger partial charge in [-0.1, -0.05) is 29.3 Å². The van der Waals surface area contributed by atoms with Gasteiger partial charge in [-0.05, 0) is 36.0 Å². The van der Waals surface area contributed by atoms with Crippen LogP contribution >= 0.6 is 35.4 Å². The zero-order chi connectivity index (χ0) is 21.0. The molecule has 29 heavy (non-hydrogen) atoms. The number of hydrazine groups is 1. The summed E-state index contributed by atoms with van der Waals surface area (Å²) in [4.78, 5) is 4.10. The number of halogens is 4. The highest BCUT2D eigenvalue weighted by atomic mass is 35.5. The van der Waals surface area contributed by atoms with Crippen molar-refractivity contribution in [2.45, 2.75) is 13.1 Å². The molecule has 0 saturated carbocycles. The molecule has 0 atom stereocenters. The van der Waals surface area contributed by atoms with Crippen molar-refractivity contribution in [3.05, 3.63) is 63.1 Å². The topological polar surface area (TPSA) is 56.6 Å². The number of nitrogens with zero attached hydrogens (tertiary/aromatic N) is 2. The lowest BCUT2D eigenvalue weighted by Gasteiger charge is -2.36. The zero-order valence-corrected chi connectivity index (χ0v) is 17.8. The molecule has 0 bridgehead atoms. The van der Waals surface area contributed by atoms with E-state index in [0.29, 0.717) is 23.1 Å². The van der Waals surface area contributed by atoms with Gasteiger partial charge in [0.05, 0.1) is 15.7 Å². The fourth-order valence-electron chi connectivity index (χ4n) is 3.22. The number of nitrogens with two attached hydrogens (primary N) is 1. The zero-order valence-electron chi connectivity index (χ0n) is 15.5. The second-order valence-electron chi connectivity index (χ2n) is 6.75. The molecule has 156 valence electrons. The molecular weight excluding hydrogens is 439 g/mol. The van der Waals surface area contributed by atoms with Crippen LogP contribution in [0, 0.1) is 11.6 Å². The lowest BCUT2D eigenvalue weighted by atomic mass is 10.1. The molecule has 5 nitrogen and oxygen atoms in total. The summed E-state index contributed by atoms with van der Waals surface area (Å²) in [6.45, 7) is 3.42. The van der Waals surface area contributed by atoms with Crippen molar-refractivity contribution in [3.63, 3.8) is 0 Å². The van der Waals surface area contributed by atoms with Gasteiger partial charge in [0, 0.05) is 50.9 Å². The molecule has 2 aromatic rings. The van der Waals surface area contributed by atoms with Crippen LogP contribution in [0.1, 0.15) is 11.1 Å². The van der Waals surface area contributed by atoms with Gasteiger partial charge in [0.25, 0.3) is 0 Å². The molecule has 10 heteroatoms. The van der Waals surface area contributed by atoms with Crippen molar-refractivity contribution in [3.8, 4) is 0 Å². The van der Waals surface area contributed by atoms with Crippen LogP contribution in [0.4, 0.5) is 14.5 Å². The molecule has 1 aliphatic rings. The first kappa shape index (κ1) is 22.0. The Labute approximate surface area is 183 Å². The molecule has 3 rings (SSSR count). The smallest absolute Gasteiger partial charge is 0.178 e. The van der Waals surface area contributed by atoms with Gasteiger partial charge in [-0.3, -0.25) is 10.3 Å². The van der Waals surface area contributed by atoms with Gasteiger partial charge in [-0.15, -0.1) is 0 Å². The van der Waals surface area contributed by atoms with E-state index in [1.807, 2.05) is 17.0 Å². The summed E-state index contributed by atoms with van der Waals surface area (Å²) in [6, 6.07) is 8.00. The predicted octanol–water partition coefficient (Wildman–Crippen LogP) is 3.43. The van der Waals surface area contributed by atoms with E-state index >= 15 is 0 Å². The molecule has 1 aliphatic heterocycles. The van der Waals surface area contributed by atoms with E-state index in [0.717, 1.165) is 25.2 Å². The van der Waals surface area contributed by atoms with E-state index in [-0.39, 0.29) is 22.9 Å². The highest BCUT2D eigenvalue weighted by molar-refractivity contribution is 7.80. The largest absolute Gasteiger partial charge is 0.375 e. The number of hydrogen-bond acceptors (Lipinski definition) is 4. The van der Waals surface area contributed by atoms with E-state index in [1.165, 1.54) is 12.1 Å². The highest BCUT2D eigenvalue weighted by Gasteiger charge is 2.21. The third-order valence-corrected chi connectivity index (χ3v) is 5.55.